The lowest BCUT2D eigenvalue weighted by Gasteiger charge is -2.06. The first kappa shape index (κ1) is 15.1. The molecule has 3 rings (SSSR count). The van der Waals surface area contributed by atoms with E-state index in [1.54, 1.807) is 42.5 Å². The third kappa shape index (κ3) is 2.63. The van der Waals surface area contributed by atoms with Gasteiger partial charge in [-0.2, -0.15) is 0 Å². The number of nitrogens with one attached hydrogen (secondary N) is 1. The normalized spacial score (nSPS) is 14.5. The first-order valence-corrected chi connectivity index (χ1v) is 7.42. The molecule has 22 heavy (non-hydrogen) atoms. The highest BCUT2D eigenvalue weighted by molar-refractivity contribution is 6.49. The predicted molar refractivity (Wildman–Crippen MR) is 87.9 cm³/mol. The Hall–Kier alpha value is -1.81. The van der Waals surface area contributed by atoms with Crippen LogP contribution in [-0.4, -0.2) is 11.8 Å². The quantitative estimate of drug-likeness (QED) is 0.823. The van der Waals surface area contributed by atoms with Crippen LogP contribution in [0.5, 0.6) is 0 Å². The molecule has 0 bridgehead atoms. The van der Waals surface area contributed by atoms with Gasteiger partial charge in [-0.1, -0.05) is 53.0 Å². The van der Waals surface area contributed by atoms with Crippen LogP contribution in [0.15, 0.2) is 42.5 Å². The van der Waals surface area contributed by atoms with E-state index in [1.165, 1.54) is 0 Å². The fourth-order valence-electron chi connectivity index (χ4n) is 2.27. The van der Waals surface area contributed by atoms with Crippen molar-refractivity contribution < 1.29 is 9.59 Å². The molecule has 0 spiro atoms. The summed E-state index contributed by atoms with van der Waals surface area (Å²) in [4.78, 5) is 24.3. The molecule has 0 aliphatic carbocycles. The first-order chi connectivity index (χ1) is 10.5. The van der Waals surface area contributed by atoms with Gasteiger partial charge < -0.3 is 0 Å². The molecule has 1 heterocycles. The highest BCUT2D eigenvalue weighted by Crippen LogP contribution is 2.34. The monoisotopic (exact) mass is 351 g/mol. The van der Waals surface area contributed by atoms with E-state index in [0.717, 1.165) is 0 Å². The molecule has 0 unspecified atom stereocenters. The maximum atomic E-state index is 12.1. The van der Waals surface area contributed by atoms with Crippen LogP contribution in [-0.2, 0) is 9.59 Å². The lowest BCUT2D eigenvalue weighted by atomic mass is 9.96. The Balaban J connectivity index is 2.22. The SMILES string of the molecule is O=C1NC(=O)C(c2ccc(Cl)c(Cl)c2)=C1c1ccc(Cl)cc1. The van der Waals surface area contributed by atoms with E-state index in [9.17, 15) is 9.59 Å². The molecule has 3 nitrogen and oxygen atoms in total. The molecule has 110 valence electrons. The van der Waals surface area contributed by atoms with Crippen LogP contribution in [0.25, 0.3) is 11.1 Å². The Morgan fingerprint density at radius 1 is 0.682 bits per heavy atom. The van der Waals surface area contributed by atoms with Gasteiger partial charge in [0.25, 0.3) is 11.8 Å². The van der Waals surface area contributed by atoms with Gasteiger partial charge >= 0.3 is 0 Å². The molecule has 0 fully saturated rings. The predicted octanol–water partition coefficient (Wildman–Crippen LogP) is 4.21. The maximum absolute atomic E-state index is 12.1. The average Bonchev–Trinajstić information content (AvgIpc) is 2.77. The molecule has 0 aromatic heterocycles. The lowest BCUT2D eigenvalue weighted by molar-refractivity contribution is -0.122. The molecule has 1 aliphatic rings. The van der Waals surface area contributed by atoms with Gasteiger partial charge in [-0.3, -0.25) is 14.9 Å². The van der Waals surface area contributed by atoms with Crippen LogP contribution in [0.1, 0.15) is 11.1 Å². The summed E-state index contributed by atoms with van der Waals surface area (Å²) in [5.41, 5.74) is 1.70. The first-order valence-electron chi connectivity index (χ1n) is 6.28. The molecule has 2 aromatic carbocycles. The fourth-order valence-corrected chi connectivity index (χ4v) is 2.70. The van der Waals surface area contributed by atoms with Crippen molar-refractivity contribution in [2.75, 3.05) is 0 Å². The fraction of sp³-hybridized carbons (Fsp3) is 0. The van der Waals surface area contributed by atoms with Crippen molar-refractivity contribution in [1.82, 2.24) is 5.32 Å². The van der Waals surface area contributed by atoms with Gasteiger partial charge in [-0.25, -0.2) is 0 Å². The average molecular weight is 353 g/mol. The zero-order chi connectivity index (χ0) is 15.9. The van der Waals surface area contributed by atoms with Crippen molar-refractivity contribution in [3.8, 4) is 0 Å². The largest absolute Gasteiger partial charge is 0.288 e. The smallest absolute Gasteiger partial charge is 0.259 e. The number of amides is 2. The summed E-state index contributed by atoms with van der Waals surface area (Å²) in [6.07, 6.45) is 0. The molecular weight excluding hydrogens is 345 g/mol. The van der Waals surface area contributed by atoms with Crippen LogP contribution in [0, 0.1) is 0 Å². The highest BCUT2D eigenvalue weighted by Gasteiger charge is 2.32. The number of hydrogen-bond donors (Lipinski definition) is 1. The number of rotatable bonds is 2. The second kappa shape index (κ2) is 5.76. The van der Waals surface area contributed by atoms with Gasteiger partial charge in [-0.15, -0.1) is 0 Å². The number of carbonyl (C=O) groups is 2. The summed E-state index contributed by atoms with van der Waals surface area (Å²) in [6.45, 7) is 0. The van der Waals surface area contributed by atoms with Crippen LogP contribution in [0.4, 0.5) is 0 Å². The summed E-state index contributed by atoms with van der Waals surface area (Å²) >= 11 is 17.8. The van der Waals surface area contributed by atoms with Crippen molar-refractivity contribution in [2.24, 2.45) is 0 Å². The Kier molecular flexibility index (Phi) is 3.96. The third-order valence-corrected chi connectivity index (χ3v) is 4.26. The number of benzene rings is 2. The Morgan fingerprint density at radius 3 is 1.82 bits per heavy atom. The summed E-state index contributed by atoms with van der Waals surface area (Å²) < 4.78 is 0. The van der Waals surface area contributed by atoms with Crippen molar-refractivity contribution in [2.45, 2.75) is 0 Å². The molecule has 1 aliphatic heterocycles. The van der Waals surface area contributed by atoms with Crippen LogP contribution in [0.2, 0.25) is 15.1 Å². The molecule has 0 saturated heterocycles. The molecule has 0 saturated carbocycles. The lowest BCUT2D eigenvalue weighted by Crippen LogP contribution is -2.22. The zero-order valence-corrected chi connectivity index (χ0v) is 13.3. The molecule has 2 amide bonds. The summed E-state index contributed by atoms with van der Waals surface area (Å²) in [5.74, 6) is -0.915. The minimum atomic E-state index is -0.465. The summed E-state index contributed by atoms with van der Waals surface area (Å²) in [7, 11) is 0. The van der Waals surface area contributed by atoms with Crippen LogP contribution >= 0.6 is 34.8 Å². The molecule has 2 aromatic rings. The Bertz CT molecular complexity index is 826. The topological polar surface area (TPSA) is 46.2 Å². The zero-order valence-electron chi connectivity index (χ0n) is 11.0. The van der Waals surface area contributed by atoms with Gasteiger partial charge in [0, 0.05) is 5.02 Å². The Labute approximate surface area is 141 Å². The van der Waals surface area contributed by atoms with E-state index in [0.29, 0.717) is 31.8 Å². The van der Waals surface area contributed by atoms with E-state index in [4.69, 9.17) is 34.8 Å². The van der Waals surface area contributed by atoms with E-state index in [-0.39, 0.29) is 5.57 Å². The van der Waals surface area contributed by atoms with Gasteiger partial charge in [-0.05, 0) is 35.4 Å². The van der Waals surface area contributed by atoms with E-state index < -0.39 is 11.8 Å². The molecule has 0 radical (unpaired) electrons. The van der Waals surface area contributed by atoms with E-state index in [1.807, 2.05) is 0 Å². The van der Waals surface area contributed by atoms with Crippen molar-refractivity contribution in [1.29, 1.82) is 0 Å². The standard InChI is InChI=1S/C16H8Cl3NO2/c17-10-4-1-8(2-5-10)13-14(16(22)20-15(13)21)9-3-6-11(18)12(19)7-9/h1-7H,(H,20,21,22). The van der Waals surface area contributed by atoms with Gasteiger partial charge in [0.1, 0.15) is 0 Å². The summed E-state index contributed by atoms with van der Waals surface area (Å²) in [5, 5.41) is 3.54. The summed E-state index contributed by atoms with van der Waals surface area (Å²) in [6, 6.07) is 11.5. The van der Waals surface area contributed by atoms with Gasteiger partial charge in [0.05, 0.1) is 21.2 Å². The highest BCUT2D eigenvalue weighted by atomic mass is 35.5. The second-order valence-corrected chi connectivity index (χ2v) is 5.92. The van der Waals surface area contributed by atoms with Crippen molar-refractivity contribution in [3.05, 3.63) is 68.7 Å². The van der Waals surface area contributed by atoms with E-state index in [2.05, 4.69) is 5.32 Å². The molecule has 0 atom stereocenters. The molecule has 6 heteroatoms. The van der Waals surface area contributed by atoms with Crippen molar-refractivity contribution in [3.63, 3.8) is 0 Å². The van der Waals surface area contributed by atoms with Gasteiger partial charge in [0.2, 0.25) is 0 Å². The number of hydrogen-bond acceptors (Lipinski definition) is 2. The van der Waals surface area contributed by atoms with Crippen LogP contribution in [0.3, 0.4) is 0 Å². The second-order valence-electron chi connectivity index (χ2n) is 4.67. The molecule has 1 N–H and O–H groups in total. The number of halogens is 3. The van der Waals surface area contributed by atoms with Crippen LogP contribution < -0.4 is 5.32 Å². The maximum Gasteiger partial charge on any atom is 0.259 e. The number of carbonyl (C=O) groups excluding carboxylic acids is 2. The number of imide groups is 1. The Morgan fingerprint density at radius 2 is 1.23 bits per heavy atom. The van der Waals surface area contributed by atoms with Crippen molar-refractivity contribution >= 4 is 57.8 Å². The molecular formula is C16H8Cl3NO2. The van der Waals surface area contributed by atoms with E-state index >= 15 is 0 Å². The van der Waals surface area contributed by atoms with Gasteiger partial charge in [0.15, 0.2) is 0 Å². The minimum absolute atomic E-state index is 0.269. The third-order valence-electron chi connectivity index (χ3n) is 3.27. The minimum Gasteiger partial charge on any atom is -0.288 e.